The van der Waals surface area contributed by atoms with Crippen LogP contribution in [0.5, 0.6) is 0 Å². The van der Waals surface area contributed by atoms with Crippen molar-refractivity contribution in [3.63, 3.8) is 0 Å². The number of aromatic nitrogens is 1. The third-order valence-electron chi connectivity index (χ3n) is 2.54. The number of rotatable bonds is 3. The van der Waals surface area contributed by atoms with Gasteiger partial charge in [0.05, 0.1) is 0 Å². The molecule has 0 radical (unpaired) electrons. The van der Waals surface area contributed by atoms with E-state index < -0.39 is 11.7 Å². The highest BCUT2D eigenvalue weighted by molar-refractivity contribution is 5.82. The molecule has 0 atom stereocenters. The van der Waals surface area contributed by atoms with Gasteiger partial charge in [0, 0.05) is 18.3 Å². The summed E-state index contributed by atoms with van der Waals surface area (Å²) in [4.78, 5) is 14.6. The predicted molar refractivity (Wildman–Crippen MR) is 74.5 cm³/mol. The second kappa shape index (κ2) is 5.32. The van der Waals surface area contributed by atoms with Crippen LogP contribution < -0.4 is 10.9 Å². The van der Waals surface area contributed by atoms with Crippen LogP contribution in [-0.2, 0) is 11.3 Å². The minimum Gasteiger partial charge on any atom is -0.443 e. The van der Waals surface area contributed by atoms with Gasteiger partial charge in [0.15, 0.2) is 0 Å². The zero-order valence-corrected chi connectivity index (χ0v) is 11.4. The van der Waals surface area contributed by atoms with Crippen LogP contribution in [-0.4, -0.2) is 16.7 Å². The summed E-state index contributed by atoms with van der Waals surface area (Å²) in [6, 6.07) is 8.04. The molecule has 102 valence electrons. The molecule has 2 aromatic rings. The second-order valence-electron chi connectivity index (χ2n) is 5.34. The average molecular weight is 261 g/mol. The smallest absolute Gasteiger partial charge is 0.422 e. The number of hydrogen-bond donors (Lipinski definition) is 3. The normalized spacial score (nSPS) is 11.5. The first kappa shape index (κ1) is 13.4. The maximum absolute atomic E-state index is 11.5. The van der Waals surface area contributed by atoms with Crippen LogP contribution in [0.3, 0.4) is 0 Å². The molecule has 0 bridgehead atoms. The van der Waals surface area contributed by atoms with E-state index in [4.69, 9.17) is 4.74 Å². The Balaban J connectivity index is 1.89. The molecule has 3 N–H and O–H groups in total. The van der Waals surface area contributed by atoms with Crippen LogP contribution in [0.1, 0.15) is 26.3 Å². The van der Waals surface area contributed by atoms with Crippen LogP contribution in [0.15, 0.2) is 30.5 Å². The highest BCUT2D eigenvalue weighted by Gasteiger charge is 2.15. The molecule has 5 heteroatoms. The van der Waals surface area contributed by atoms with Gasteiger partial charge in [0.1, 0.15) is 5.60 Å². The zero-order chi connectivity index (χ0) is 13.9. The lowest BCUT2D eigenvalue weighted by Crippen LogP contribution is -2.40. The summed E-state index contributed by atoms with van der Waals surface area (Å²) >= 11 is 0. The summed E-state index contributed by atoms with van der Waals surface area (Å²) in [6.07, 6.45) is 1.42. The first-order chi connectivity index (χ1) is 8.96. The third kappa shape index (κ3) is 3.72. The lowest BCUT2D eigenvalue weighted by Gasteiger charge is -2.19. The number of hydrazine groups is 1. The summed E-state index contributed by atoms with van der Waals surface area (Å²) in [5, 5.41) is 1.15. The lowest BCUT2D eigenvalue weighted by atomic mass is 10.1. The lowest BCUT2D eigenvalue weighted by molar-refractivity contribution is 0.0497. The van der Waals surface area contributed by atoms with Gasteiger partial charge in [0.2, 0.25) is 0 Å². The first-order valence-corrected chi connectivity index (χ1v) is 6.22. The molecule has 0 aliphatic heterocycles. The van der Waals surface area contributed by atoms with Crippen LogP contribution in [0.4, 0.5) is 4.79 Å². The first-order valence-electron chi connectivity index (χ1n) is 6.22. The summed E-state index contributed by atoms with van der Waals surface area (Å²) in [6.45, 7) is 6.00. The van der Waals surface area contributed by atoms with Gasteiger partial charge < -0.3 is 9.72 Å². The van der Waals surface area contributed by atoms with E-state index in [1.54, 1.807) is 0 Å². The molecule has 1 aromatic heterocycles. The SMILES string of the molecule is CC(C)(C)OC(=O)NNCc1cccc2cc[nH]c12. The minimum atomic E-state index is -0.495. The summed E-state index contributed by atoms with van der Waals surface area (Å²) in [5.41, 5.74) is 7.04. The number of nitrogens with one attached hydrogen (secondary N) is 3. The maximum Gasteiger partial charge on any atom is 0.422 e. The molecule has 0 aliphatic rings. The highest BCUT2D eigenvalue weighted by Crippen LogP contribution is 2.16. The number of benzene rings is 1. The van der Waals surface area contributed by atoms with Crippen LogP contribution in [0.25, 0.3) is 10.9 Å². The van der Waals surface area contributed by atoms with Gasteiger partial charge in [-0.05, 0) is 37.8 Å². The van der Waals surface area contributed by atoms with E-state index in [0.29, 0.717) is 6.54 Å². The summed E-state index contributed by atoms with van der Waals surface area (Å²) < 4.78 is 5.13. The molecule has 0 saturated heterocycles. The number of fused-ring (bicyclic) bond motifs is 1. The molecule has 0 fully saturated rings. The van der Waals surface area contributed by atoms with Crippen molar-refractivity contribution >= 4 is 17.0 Å². The highest BCUT2D eigenvalue weighted by atomic mass is 16.6. The van der Waals surface area contributed by atoms with E-state index in [2.05, 4.69) is 15.8 Å². The molecule has 0 unspecified atom stereocenters. The number of aromatic amines is 1. The van der Waals surface area contributed by atoms with E-state index in [1.807, 2.05) is 51.2 Å². The summed E-state index contributed by atoms with van der Waals surface area (Å²) in [5.74, 6) is 0. The van der Waals surface area contributed by atoms with Crippen molar-refractivity contribution in [3.05, 3.63) is 36.0 Å². The number of para-hydroxylation sites is 1. The largest absolute Gasteiger partial charge is 0.443 e. The molecule has 2 rings (SSSR count). The number of ether oxygens (including phenoxy) is 1. The van der Waals surface area contributed by atoms with Gasteiger partial charge in [-0.3, -0.25) is 5.43 Å². The Morgan fingerprint density at radius 2 is 2.11 bits per heavy atom. The Morgan fingerprint density at radius 1 is 1.32 bits per heavy atom. The van der Waals surface area contributed by atoms with E-state index in [-0.39, 0.29) is 0 Å². The predicted octanol–water partition coefficient (Wildman–Crippen LogP) is 2.70. The standard InChI is InChI=1S/C14H19N3O2/c1-14(2,3)19-13(18)17-16-9-11-6-4-5-10-7-8-15-12(10)11/h4-8,15-16H,9H2,1-3H3,(H,17,18). The third-order valence-corrected chi connectivity index (χ3v) is 2.54. The molecule has 1 amide bonds. The van der Waals surface area contributed by atoms with Crippen molar-refractivity contribution in [2.24, 2.45) is 0 Å². The Hall–Kier alpha value is -2.01. The van der Waals surface area contributed by atoms with Crippen molar-refractivity contribution in [2.75, 3.05) is 0 Å². The number of hydrogen-bond acceptors (Lipinski definition) is 3. The minimum absolute atomic E-state index is 0.480. The van der Waals surface area contributed by atoms with Gasteiger partial charge in [-0.25, -0.2) is 10.2 Å². The average Bonchev–Trinajstić information content (AvgIpc) is 2.75. The van der Waals surface area contributed by atoms with Crippen molar-refractivity contribution in [1.82, 2.24) is 15.8 Å². The van der Waals surface area contributed by atoms with Gasteiger partial charge in [0.25, 0.3) is 0 Å². The van der Waals surface area contributed by atoms with E-state index in [1.165, 1.54) is 0 Å². The van der Waals surface area contributed by atoms with Crippen molar-refractivity contribution in [3.8, 4) is 0 Å². The Kier molecular flexibility index (Phi) is 3.76. The Morgan fingerprint density at radius 3 is 2.84 bits per heavy atom. The molecule has 19 heavy (non-hydrogen) atoms. The van der Waals surface area contributed by atoms with Gasteiger partial charge >= 0.3 is 6.09 Å². The maximum atomic E-state index is 11.5. The van der Waals surface area contributed by atoms with Crippen molar-refractivity contribution < 1.29 is 9.53 Å². The molecule has 5 nitrogen and oxygen atoms in total. The zero-order valence-electron chi connectivity index (χ0n) is 11.4. The van der Waals surface area contributed by atoms with E-state index in [0.717, 1.165) is 16.5 Å². The Bertz CT molecular complexity index is 569. The van der Waals surface area contributed by atoms with E-state index >= 15 is 0 Å². The van der Waals surface area contributed by atoms with Crippen molar-refractivity contribution in [2.45, 2.75) is 32.9 Å². The van der Waals surface area contributed by atoms with Gasteiger partial charge in [-0.15, -0.1) is 0 Å². The van der Waals surface area contributed by atoms with Crippen LogP contribution in [0.2, 0.25) is 0 Å². The molecular weight excluding hydrogens is 242 g/mol. The summed E-state index contributed by atoms with van der Waals surface area (Å²) in [7, 11) is 0. The number of carbonyl (C=O) groups is 1. The van der Waals surface area contributed by atoms with E-state index in [9.17, 15) is 4.79 Å². The molecule has 0 aliphatic carbocycles. The Labute approximate surface area is 112 Å². The van der Waals surface area contributed by atoms with Gasteiger partial charge in [-0.2, -0.15) is 0 Å². The fourth-order valence-corrected chi connectivity index (χ4v) is 1.81. The molecule has 1 aromatic carbocycles. The number of amides is 1. The monoisotopic (exact) mass is 261 g/mol. The fourth-order valence-electron chi connectivity index (χ4n) is 1.81. The number of carbonyl (C=O) groups excluding carboxylic acids is 1. The topological polar surface area (TPSA) is 66.2 Å². The number of H-pyrrole nitrogens is 1. The van der Waals surface area contributed by atoms with Crippen LogP contribution >= 0.6 is 0 Å². The molecule has 0 saturated carbocycles. The van der Waals surface area contributed by atoms with Crippen LogP contribution in [0, 0.1) is 0 Å². The molecular formula is C14H19N3O2. The molecule has 0 spiro atoms. The second-order valence-corrected chi connectivity index (χ2v) is 5.34. The fraction of sp³-hybridized carbons (Fsp3) is 0.357. The quantitative estimate of drug-likeness (QED) is 0.744. The van der Waals surface area contributed by atoms with Gasteiger partial charge in [-0.1, -0.05) is 18.2 Å². The molecule has 1 heterocycles. The van der Waals surface area contributed by atoms with Crippen molar-refractivity contribution in [1.29, 1.82) is 0 Å².